The standard InChI is InChI=1S/C18H21NO4/c20-17(15-13-8-9-14(23-13)16(15)18(21)22)19-12-7-3-5-10-4-1-2-6-11(10)12/h1-2,4,6,12-16H,3,5,7-9H2,(H,19,20)(H,21,22)/t12-,13-,14-,15+,16+/m1/s1. The molecule has 2 heterocycles. The maximum absolute atomic E-state index is 12.8. The van der Waals surface area contributed by atoms with Crippen LogP contribution >= 0.6 is 0 Å². The van der Waals surface area contributed by atoms with Gasteiger partial charge in [-0.2, -0.15) is 0 Å². The van der Waals surface area contributed by atoms with Crippen molar-refractivity contribution in [1.82, 2.24) is 5.32 Å². The van der Waals surface area contributed by atoms with Crippen LogP contribution in [0.4, 0.5) is 0 Å². The number of hydrogen-bond donors (Lipinski definition) is 2. The molecule has 1 aromatic rings. The van der Waals surface area contributed by atoms with E-state index in [1.165, 1.54) is 11.1 Å². The van der Waals surface area contributed by atoms with Gasteiger partial charge in [0.05, 0.1) is 30.1 Å². The number of ether oxygens (including phenoxy) is 1. The molecule has 2 fully saturated rings. The van der Waals surface area contributed by atoms with Gasteiger partial charge < -0.3 is 15.2 Å². The molecular formula is C18H21NO4. The zero-order chi connectivity index (χ0) is 16.0. The zero-order valence-electron chi connectivity index (χ0n) is 12.9. The summed E-state index contributed by atoms with van der Waals surface area (Å²) in [6.07, 6.45) is 3.98. The molecular weight excluding hydrogens is 294 g/mol. The molecule has 0 saturated carbocycles. The predicted molar refractivity (Wildman–Crippen MR) is 82.8 cm³/mol. The van der Waals surface area contributed by atoms with E-state index in [1.807, 2.05) is 12.1 Å². The van der Waals surface area contributed by atoms with Crippen LogP contribution in [-0.2, 0) is 20.7 Å². The van der Waals surface area contributed by atoms with Crippen LogP contribution in [-0.4, -0.2) is 29.2 Å². The van der Waals surface area contributed by atoms with E-state index in [0.29, 0.717) is 0 Å². The van der Waals surface area contributed by atoms with Gasteiger partial charge in [-0.1, -0.05) is 24.3 Å². The van der Waals surface area contributed by atoms with Crippen molar-refractivity contribution in [2.24, 2.45) is 11.8 Å². The van der Waals surface area contributed by atoms with Crippen molar-refractivity contribution >= 4 is 11.9 Å². The Morgan fingerprint density at radius 3 is 2.61 bits per heavy atom. The van der Waals surface area contributed by atoms with Crippen LogP contribution < -0.4 is 5.32 Å². The quantitative estimate of drug-likeness (QED) is 0.895. The SMILES string of the molecule is O=C(O)[C@@H]1[C@@H](C(=O)N[C@@H]2CCCc3ccccc32)[C@H]2CC[C@H]1O2. The molecule has 0 spiro atoms. The molecule has 2 N–H and O–H groups in total. The van der Waals surface area contributed by atoms with Crippen molar-refractivity contribution in [3.63, 3.8) is 0 Å². The van der Waals surface area contributed by atoms with Crippen LogP contribution in [0.25, 0.3) is 0 Å². The lowest BCUT2D eigenvalue weighted by Gasteiger charge is -2.30. The number of carbonyl (C=O) groups is 2. The number of aryl methyl sites for hydroxylation is 1. The third-order valence-corrected chi connectivity index (χ3v) is 5.55. The Kier molecular flexibility index (Phi) is 3.60. The number of benzene rings is 1. The third-order valence-electron chi connectivity index (χ3n) is 5.55. The minimum Gasteiger partial charge on any atom is -0.481 e. The Labute approximate surface area is 135 Å². The number of carbonyl (C=O) groups excluding carboxylic acids is 1. The number of rotatable bonds is 3. The van der Waals surface area contributed by atoms with Crippen LogP contribution in [0.3, 0.4) is 0 Å². The topological polar surface area (TPSA) is 75.6 Å². The Hall–Kier alpha value is -1.88. The molecule has 122 valence electrons. The summed E-state index contributed by atoms with van der Waals surface area (Å²) in [5.74, 6) is -2.33. The molecule has 5 nitrogen and oxygen atoms in total. The fraction of sp³-hybridized carbons (Fsp3) is 0.556. The summed E-state index contributed by atoms with van der Waals surface area (Å²) in [6, 6.07) is 8.16. The number of carboxylic acid groups (broad SMARTS) is 1. The maximum Gasteiger partial charge on any atom is 0.310 e. The van der Waals surface area contributed by atoms with Crippen molar-refractivity contribution < 1.29 is 19.4 Å². The molecule has 5 heteroatoms. The van der Waals surface area contributed by atoms with Gasteiger partial charge in [0.15, 0.2) is 0 Å². The fourth-order valence-electron chi connectivity index (χ4n) is 4.50. The molecule has 0 unspecified atom stereocenters. The van der Waals surface area contributed by atoms with Crippen LogP contribution in [0.5, 0.6) is 0 Å². The largest absolute Gasteiger partial charge is 0.481 e. The van der Waals surface area contributed by atoms with E-state index in [0.717, 1.165) is 32.1 Å². The Morgan fingerprint density at radius 1 is 1.09 bits per heavy atom. The molecule has 2 saturated heterocycles. The summed E-state index contributed by atoms with van der Waals surface area (Å²) in [7, 11) is 0. The first-order valence-electron chi connectivity index (χ1n) is 8.41. The van der Waals surface area contributed by atoms with Gasteiger partial charge in [0.1, 0.15) is 0 Å². The number of fused-ring (bicyclic) bond motifs is 3. The van der Waals surface area contributed by atoms with Crippen LogP contribution in [0, 0.1) is 11.8 Å². The summed E-state index contributed by atoms with van der Waals surface area (Å²) in [6.45, 7) is 0. The molecule has 2 bridgehead atoms. The van der Waals surface area contributed by atoms with Gasteiger partial charge >= 0.3 is 5.97 Å². The lowest BCUT2D eigenvalue weighted by molar-refractivity contribution is -0.148. The van der Waals surface area contributed by atoms with Gasteiger partial charge in [-0.05, 0) is 43.2 Å². The van der Waals surface area contributed by atoms with Crippen molar-refractivity contribution in [2.75, 3.05) is 0 Å². The molecule has 1 amide bonds. The highest BCUT2D eigenvalue weighted by Crippen LogP contribution is 2.44. The number of amides is 1. The van der Waals surface area contributed by atoms with E-state index in [1.54, 1.807) is 0 Å². The highest BCUT2D eigenvalue weighted by atomic mass is 16.5. The minimum atomic E-state index is -0.915. The second-order valence-electron chi connectivity index (χ2n) is 6.83. The molecule has 0 aromatic heterocycles. The molecule has 1 aromatic carbocycles. The summed E-state index contributed by atoms with van der Waals surface area (Å²) in [4.78, 5) is 24.3. The first-order valence-corrected chi connectivity index (χ1v) is 8.41. The molecule has 4 rings (SSSR count). The van der Waals surface area contributed by atoms with Gasteiger partial charge in [-0.15, -0.1) is 0 Å². The van der Waals surface area contributed by atoms with Crippen molar-refractivity contribution in [1.29, 1.82) is 0 Å². The van der Waals surface area contributed by atoms with E-state index < -0.39 is 17.8 Å². The van der Waals surface area contributed by atoms with Crippen molar-refractivity contribution in [3.8, 4) is 0 Å². The van der Waals surface area contributed by atoms with Gasteiger partial charge in [0.2, 0.25) is 5.91 Å². The van der Waals surface area contributed by atoms with E-state index in [-0.39, 0.29) is 24.2 Å². The summed E-state index contributed by atoms with van der Waals surface area (Å²) >= 11 is 0. The third kappa shape index (κ3) is 2.43. The molecule has 0 radical (unpaired) electrons. The van der Waals surface area contributed by atoms with E-state index >= 15 is 0 Å². The number of aliphatic carboxylic acids is 1. The number of nitrogens with one attached hydrogen (secondary N) is 1. The average Bonchev–Trinajstić information content (AvgIpc) is 3.16. The molecule has 5 atom stereocenters. The fourth-order valence-corrected chi connectivity index (χ4v) is 4.50. The van der Waals surface area contributed by atoms with E-state index in [4.69, 9.17) is 4.74 Å². The number of carboxylic acids is 1. The summed E-state index contributed by atoms with van der Waals surface area (Å²) in [5.41, 5.74) is 2.45. The van der Waals surface area contributed by atoms with Gasteiger partial charge in [0, 0.05) is 0 Å². The minimum absolute atomic E-state index is 0.0129. The highest BCUT2D eigenvalue weighted by molar-refractivity contribution is 5.86. The normalized spacial score (nSPS) is 34.9. The van der Waals surface area contributed by atoms with Crippen LogP contribution in [0.1, 0.15) is 42.9 Å². The monoisotopic (exact) mass is 315 g/mol. The smallest absolute Gasteiger partial charge is 0.310 e. The molecule has 1 aliphatic carbocycles. The second-order valence-corrected chi connectivity index (χ2v) is 6.83. The Bertz CT molecular complexity index is 644. The van der Waals surface area contributed by atoms with Crippen molar-refractivity contribution in [2.45, 2.75) is 50.4 Å². The van der Waals surface area contributed by atoms with E-state index in [2.05, 4.69) is 17.4 Å². The van der Waals surface area contributed by atoms with Crippen molar-refractivity contribution in [3.05, 3.63) is 35.4 Å². The highest BCUT2D eigenvalue weighted by Gasteiger charge is 2.55. The summed E-state index contributed by atoms with van der Waals surface area (Å²) in [5, 5.41) is 12.6. The van der Waals surface area contributed by atoms with Gasteiger partial charge in [0.25, 0.3) is 0 Å². The zero-order valence-corrected chi connectivity index (χ0v) is 12.9. The van der Waals surface area contributed by atoms with E-state index in [9.17, 15) is 14.7 Å². The maximum atomic E-state index is 12.8. The Morgan fingerprint density at radius 2 is 1.83 bits per heavy atom. The molecule has 3 aliphatic rings. The second kappa shape index (κ2) is 5.64. The lowest BCUT2D eigenvalue weighted by atomic mass is 9.78. The van der Waals surface area contributed by atoms with Crippen LogP contribution in [0.2, 0.25) is 0 Å². The number of hydrogen-bond acceptors (Lipinski definition) is 3. The molecule has 2 aliphatic heterocycles. The Balaban J connectivity index is 1.54. The first-order chi connectivity index (χ1) is 11.1. The van der Waals surface area contributed by atoms with Crippen LogP contribution in [0.15, 0.2) is 24.3 Å². The average molecular weight is 315 g/mol. The van der Waals surface area contributed by atoms with Gasteiger partial charge in [-0.25, -0.2) is 0 Å². The summed E-state index contributed by atoms with van der Waals surface area (Å²) < 4.78 is 5.70. The predicted octanol–water partition coefficient (Wildman–Crippen LogP) is 2.06. The molecule has 23 heavy (non-hydrogen) atoms. The van der Waals surface area contributed by atoms with Gasteiger partial charge in [-0.3, -0.25) is 9.59 Å². The lowest BCUT2D eigenvalue weighted by Crippen LogP contribution is -2.45. The first kappa shape index (κ1) is 14.7.